The molecule has 0 amide bonds. The molecular formula is C21H28N4. The van der Waals surface area contributed by atoms with Gasteiger partial charge in [0.25, 0.3) is 0 Å². The Kier molecular flexibility index (Phi) is 5.31. The molecule has 0 spiro atoms. The lowest BCUT2D eigenvalue weighted by molar-refractivity contribution is 0.183. The van der Waals surface area contributed by atoms with E-state index in [4.69, 9.17) is 0 Å². The molecule has 0 bridgehead atoms. The lowest BCUT2D eigenvalue weighted by Gasteiger charge is -2.36. The normalized spacial score (nSPS) is 27.3. The van der Waals surface area contributed by atoms with Crippen LogP contribution in [0.25, 0.3) is 0 Å². The molecule has 4 nitrogen and oxygen atoms in total. The van der Waals surface area contributed by atoms with Crippen LogP contribution in [0.5, 0.6) is 0 Å². The molecule has 2 saturated heterocycles. The molecule has 0 radical (unpaired) electrons. The molecule has 0 aromatic heterocycles. The van der Waals surface area contributed by atoms with Gasteiger partial charge in [0.05, 0.1) is 6.04 Å². The summed E-state index contributed by atoms with van der Waals surface area (Å²) >= 11 is 0. The van der Waals surface area contributed by atoms with Gasteiger partial charge in [-0.05, 0) is 37.1 Å². The number of anilines is 1. The number of nitrogens with one attached hydrogen (secondary N) is 3. The Morgan fingerprint density at radius 1 is 1.00 bits per heavy atom. The van der Waals surface area contributed by atoms with E-state index in [2.05, 4.69) is 81.7 Å². The number of rotatable bonds is 5. The van der Waals surface area contributed by atoms with Gasteiger partial charge in [-0.1, -0.05) is 48.5 Å². The average Bonchev–Trinajstić information content (AvgIpc) is 3.12. The summed E-state index contributed by atoms with van der Waals surface area (Å²) in [6.45, 7) is 4.53. The standard InChI is InChI=1S/C21H28N4/c1-3-8-17(9-4-1)21-18(14-22-24-21)15-25-13-7-12-20(16-25)23-19-10-5-2-6-11-19/h1-6,8-11,18,20-24H,7,12-16H2. The van der Waals surface area contributed by atoms with Gasteiger partial charge in [0.1, 0.15) is 0 Å². The Bertz CT molecular complexity index is 645. The monoisotopic (exact) mass is 336 g/mol. The molecule has 2 heterocycles. The molecule has 4 rings (SSSR count). The van der Waals surface area contributed by atoms with Crippen LogP contribution in [0.1, 0.15) is 24.4 Å². The van der Waals surface area contributed by atoms with E-state index in [0.29, 0.717) is 18.0 Å². The van der Waals surface area contributed by atoms with E-state index in [1.807, 2.05) is 0 Å². The summed E-state index contributed by atoms with van der Waals surface area (Å²) in [4.78, 5) is 2.64. The van der Waals surface area contributed by atoms with Gasteiger partial charge in [-0.15, -0.1) is 0 Å². The number of hydrazine groups is 1. The first kappa shape index (κ1) is 16.6. The van der Waals surface area contributed by atoms with E-state index >= 15 is 0 Å². The molecule has 3 N–H and O–H groups in total. The third-order valence-corrected chi connectivity index (χ3v) is 5.39. The molecule has 25 heavy (non-hydrogen) atoms. The average molecular weight is 336 g/mol. The van der Waals surface area contributed by atoms with Gasteiger partial charge in [-0.2, -0.15) is 0 Å². The molecule has 2 aliphatic rings. The highest BCUT2D eigenvalue weighted by atomic mass is 15.4. The maximum absolute atomic E-state index is 3.71. The second-order valence-corrected chi connectivity index (χ2v) is 7.28. The molecule has 3 unspecified atom stereocenters. The minimum absolute atomic E-state index is 0.406. The van der Waals surface area contributed by atoms with E-state index in [0.717, 1.165) is 19.6 Å². The van der Waals surface area contributed by atoms with Crippen LogP contribution in [0, 0.1) is 5.92 Å². The van der Waals surface area contributed by atoms with Gasteiger partial charge in [0.15, 0.2) is 0 Å². The predicted octanol–water partition coefficient (Wildman–Crippen LogP) is 3.03. The number of para-hydroxylation sites is 1. The van der Waals surface area contributed by atoms with E-state index in [1.165, 1.54) is 30.6 Å². The van der Waals surface area contributed by atoms with Crippen LogP contribution in [0.3, 0.4) is 0 Å². The zero-order valence-corrected chi connectivity index (χ0v) is 14.7. The number of hydrogen-bond donors (Lipinski definition) is 3. The fraction of sp³-hybridized carbons (Fsp3) is 0.429. The van der Waals surface area contributed by atoms with Crippen molar-refractivity contribution in [3.63, 3.8) is 0 Å². The maximum Gasteiger partial charge on any atom is 0.0515 e. The second-order valence-electron chi connectivity index (χ2n) is 7.28. The SMILES string of the molecule is c1ccc(NC2CCCN(CC3CNNC3c3ccccc3)C2)cc1. The second kappa shape index (κ2) is 8.00. The van der Waals surface area contributed by atoms with Gasteiger partial charge in [-0.3, -0.25) is 5.43 Å². The molecule has 2 aliphatic heterocycles. The van der Waals surface area contributed by atoms with Crippen molar-refractivity contribution in [3.8, 4) is 0 Å². The summed E-state index contributed by atoms with van der Waals surface area (Å²) < 4.78 is 0. The van der Waals surface area contributed by atoms with Gasteiger partial charge in [-0.25, -0.2) is 5.43 Å². The molecule has 0 aliphatic carbocycles. The fourth-order valence-electron chi connectivity index (χ4n) is 4.16. The maximum atomic E-state index is 3.71. The molecule has 4 heteroatoms. The minimum atomic E-state index is 0.406. The van der Waals surface area contributed by atoms with Gasteiger partial charge in [0.2, 0.25) is 0 Å². The quantitative estimate of drug-likeness (QED) is 0.785. The van der Waals surface area contributed by atoms with Crippen molar-refractivity contribution in [3.05, 3.63) is 66.2 Å². The number of likely N-dealkylation sites (tertiary alicyclic amines) is 1. The number of nitrogens with zero attached hydrogens (tertiary/aromatic N) is 1. The highest BCUT2D eigenvalue weighted by molar-refractivity contribution is 5.43. The van der Waals surface area contributed by atoms with Crippen molar-refractivity contribution in [2.75, 3.05) is 31.5 Å². The molecule has 2 aromatic rings. The summed E-state index contributed by atoms with van der Waals surface area (Å²) in [7, 11) is 0. The predicted molar refractivity (Wildman–Crippen MR) is 103 cm³/mol. The van der Waals surface area contributed by atoms with Crippen molar-refractivity contribution in [1.82, 2.24) is 15.8 Å². The van der Waals surface area contributed by atoms with Crippen molar-refractivity contribution < 1.29 is 0 Å². The van der Waals surface area contributed by atoms with Crippen LogP contribution < -0.4 is 16.2 Å². The number of benzene rings is 2. The first-order valence-electron chi connectivity index (χ1n) is 9.46. The van der Waals surface area contributed by atoms with Crippen LogP contribution >= 0.6 is 0 Å². The Labute approximate surface area is 150 Å². The lowest BCUT2D eigenvalue weighted by Crippen LogP contribution is -2.45. The van der Waals surface area contributed by atoms with Crippen LogP contribution in [0.2, 0.25) is 0 Å². The van der Waals surface area contributed by atoms with Crippen LogP contribution in [0.15, 0.2) is 60.7 Å². The summed E-state index contributed by atoms with van der Waals surface area (Å²) in [5.41, 5.74) is 9.46. The Morgan fingerprint density at radius 2 is 1.76 bits per heavy atom. The zero-order valence-electron chi connectivity index (χ0n) is 14.7. The van der Waals surface area contributed by atoms with Gasteiger partial charge >= 0.3 is 0 Å². The van der Waals surface area contributed by atoms with E-state index in [9.17, 15) is 0 Å². The van der Waals surface area contributed by atoms with Gasteiger partial charge < -0.3 is 10.2 Å². The largest absolute Gasteiger partial charge is 0.381 e. The minimum Gasteiger partial charge on any atom is -0.381 e. The number of piperidine rings is 1. The Morgan fingerprint density at radius 3 is 2.56 bits per heavy atom. The third-order valence-electron chi connectivity index (χ3n) is 5.39. The van der Waals surface area contributed by atoms with E-state index in [-0.39, 0.29) is 0 Å². The van der Waals surface area contributed by atoms with Crippen LogP contribution in [0.4, 0.5) is 5.69 Å². The summed E-state index contributed by atoms with van der Waals surface area (Å²) in [5, 5.41) is 3.71. The Balaban J connectivity index is 1.35. The van der Waals surface area contributed by atoms with E-state index in [1.54, 1.807) is 0 Å². The van der Waals surface area contributed by atoms with Crippen molar-refractivity contribution in [2.45, 2.75) is 24.9 Å². The number of hydrogen-bond acceptors (Lipinski definition) is 4. The molecule has 2 aromatic carbocycles. The van der Waals surface area contributed by atoms with Crippen LogP contribution in [-0.2, 0) is 0 Å². The van der Waals surface area contributed by atoms with Gasteiger partial charge in [0, 0.05) is 37.3 Å². The molecule has 2 fully saturated rings. The first-order chi connectivity index (χ1) is 12.4. The molecular weight excluding hydrogens is 308 g/mol. The van der Waals surface area contributed by atoms with Crippen molar-refractivity contribution in [2.24, 2.45) is 5.92 Å². The zero-order chi connectivity index (χ0) is 16.9. The third kappa shape index (κ3) is 4.21. The van der Waals surface area contributed by atoms with Crippen molar-refractivity contribution in [1.29, 1.82) is 0 Å². The molecule has 3 atom stereocenters. The van der Waals surface area contributed by atoms with E-state index < -0.39 is 0 Å². The first-order valence-corrected chi connectivity index (χ1v) is 9.46. The highest BCUT2D eigenvalue weighted by Crippen LogP contribution is 2.26. The molecule has 0 saturated carbocycles. The smallest absolute Gasteiger partial charge is 0.0515 e. The lowest BCUT2D eigenvalue weighted by atomic mass is 9.93. The van der Waals surface area contributed by atoms with Crippen LogP contribution in [-0.4, -0.2) is 37.1 Å². The Hall–Kier alpha value is -1.88. The topological polar surface area (TPSA) is 39.3 Å². The summed E-state index contributed by atoms with van der Waals surface area (Å²) in [6.07, 6.45) is 2.53. The summed E-state index contributed by atoms with van der Waals surface area (Å²) in [5.74, 6) is 0.609. The fourth-order valence-corrected chi connectivity index (χ4v) is 4.16. The highest BCUT2D eigenvalue weighted by Gasteiger charge is 2.31. The van der Waals surface area contributed by atoms with Crippen molar-refractivity contribution >= 4 is 5.69 Å². The molecule has 132 valence electrons. The summed E-state index contributed by atoms with van der Waals surface area (Å²) in [6, 6.07) is 22.4.